The largest absolute Gasteiger partial charge is 0.473 e. The van der Waals surface area contributed by atoms with Crippen molar-refractivity contribution in [2.75, 3.05) is 11.4 Å². The van der Waals surface area contributed by atoms with Crippen LogP contribution in [0.5, 0.6) is 5.88 Å². The van der Waals surface area contributed by atoms with Gasteiger partial charge in [-0.2, -0.15) is 5.10 Å². The number of nitrogens with two attached hydrogens (primary N) is 1. The number of anilines is 1. The number of rotatable bonds is 8. The van der Waals surface area contributed by atoms with E-state index in [9.17, 15) is 13.2 Å². The van der Waals surface area contributed by atoms with Gasteiger partial charge in [-0.05, 0) is 62.1 Å². The zero-order chi connectivity index (χ0) is 27.8. The average molecular weight is 547 g/mol. The molecule has 1 atom stereocenters. The SMILES string of the molecule is CC1CN(c2nccc(S(=O)(=O)c3cccc(OCc4ccc(-n5cccn5)cc4)n3)c2C(N)=O)C(C)(C)C1. The number of amides is 1. The third kappa shape index (κ3) is 5.22. The van der Waals surface area contributed by atoms with Crippen LogP contribution in [0, 0.1) is 5.92 Å². The molecule has 5 rings (SSSR count). The van der Waals surface area contributed by atoms with Crippen molar-refractivity contribution in [3.05, 3.63) is 84.3 Å². The minimum Gasteiger partial charge on any atom is -0.473 e. The van der Waals surface area contributed by atoms with Crippen molar-refractivity contribution in [1.82, 2.24) is 19.7 Å². The smallest absolute Gasteiger partial charge is 0.253 e. The van der Waals surface area contributed by atoms with E-state index in [0.29, 0.717) is 12.5 Å². The number of carbonyl (C=O) groups excluding carboxylic acids is 1. The van der Waals surface area contributed by atoms with Crippen molar-refractivity contribution >= 4 is 21.6 Å². The van der Waals surface area contributed by atoms with Crippen LogP contribution >= 0.6 is 0 Å². The van der Waals surface area contributed by atoms with Crippen molar-refractivity contribution in [1.29, 1.82) is 0 Å². The van der Waals surface area contributed by atoms with E-state index in [1.807, 2.05) is 55.3 Å². The molecule has 1 unspecified atom stereocenters. The summed E-state index contributed by atoms with van der Waals surface area (Å²) in [6.45, 7) is 7.00. The Hall–Kier alpha value is -4.25. The quantitative estimate of drug-likeness (QED) is 0.353. The first-order valence-electron chi connectivity index (χ1n) is 12.6. The fourth-order valence-corrected chi connectivity index (χ4v) is 6.51. The van der Waals surface area contributed by atoms with Crippen LogP contribution in [0.3, 0.4) is 0 Å². The van der Waals surface area contributed by atoms with Crippen molar-refractivity contribution in [3.63, 3.8) is 0 Å². The van der Waals surface area contributed by atoms with Crippen LogP contribution in [0.1, 0.15) is 43.1 Å². The molecule has 10 nitrogen and oxygen atoms in total. The number of hydrogen-bond acceptors (Lipinski definition) is 8. The van der Waals surface area contributed by atoms with Gasteiger partial charge in [0.1, 0.15) is 18.0 Å². The Balaban J connectivity index is 1.42. The Labute approximate surface area is 227 Å². The molecule has 0 spiro atoms. The number of carbonyl (C=O) groups is 1. The van der Waals surface area contributed by atoms with Gasteiger partial charge in [-0.3, -0.25) is 4.79 Å². The lowest BCUT2D eigenvalue weighted by Crippen LogP contribution is -2.40. The molecule has 1 fully saturated rings. The lowest BCUT2D eigenvalue weighted by atomic mass is 9.97. The molecule has 3 aromatic heterocycles. The van der Waals surface area contributed by atoms with Crippen molar-refractivity contribution < 1.29 is 17.9 Å². The Morgan fingerprint density at radius 1 is 1.10 bits per heavy atom. The highest BCUT2D eigenvalue weighted by atomic mass is 32.2. The van der Waals surface area contributed by atoms with E-state index in [1.165, 1.54) is 18.3 Å². The van der Waals surface area contributed by atoms with Crippen LogP contribution in [-0.2, 0) is 16.4 Å². The van der Waals surface area contributed by atoms with Crippen LogP contribution in [-0.4, -0.2) is 46.2 Å². The monoisotopic (exact) mass is 546 g/mol. The number of sulfone groups is 1. The lowest BCUT2D eigenvalue weighted by Gasteiger charge is -2.33. The van der Waals surface area contributed by atoms with Gasteiger partial charge in [-0.25, -0.2) is 23.1 Å². The first-order chi connectivity index (χ1) is 18.6. The molecule has 1 saturated heterocycles. The molecule has 39 heavy (non-hydrogen) atoms. The summed E-state index contributed by atoms with van der Waals surface area (Å²) in [5.41, 5.74) is 7.07. The third-order valence-electron chi connectivity index (χ3n) is 6.82. The molecule has 0 bridgehead atoms. The molecule has 1 aliphatic rings. The van der Waals surface area contributed by atoms with Crippen LogP contribution < -0.4 is 15.4 Å². The van der Waals surface area contributed by atoms with Crippen LogP contribution in [0.2, 0.25) is 0 Å². The summed E-state index contributed by atoms with van der Waals surface area (Å²) in [7, 11) is -4.22. The van der Waals surface area contributed by atoms with Crippen molar-refractivity contribution in [2.45, 2.75) is 49.3 Å². The highest BCUT2D eigenvalue weighted by Crippen LogP contribution is 2.39. The maximum atomic E-state index is 13.7. The summed E-state index contributed by atoms with van der Waals surface area (Å²) < 4.78 is 35.0. The molecule has 1 amide bonds. The number of nitrogens with zero attached hydrogens (tertiary/aromatic N) is 5. The molecule has 0 aliphatic carbocycles. The summed E-state index contributed by atoms with van der Waals surface area (Å²) >= 11 is 0. The predicted octanol–water partition coefficient (Wildman–Crippen LogP) is 3.80. The highest BCUT2D eigenvalue weighted by molar-refractivity contribution is 7.91. The summed E-state index contributed by atoms with van der Waals surface area (Å²) in [4.78, 5) is 23.0. The Kier molecular flexibility index (Phi) is 6.85. The number of primary amides is 1. The highest BCUT2D eigenvalue weighted by Gasteiger charge is 2.40. The number of pyridine rings is 2. The Morgan fingerprint density at radius 3 is 2.51 bits per heavy atom. The molecule has 1 aliphatic heterocycles. The lowest BCUT2D eigenvalue weighted by molar-refractivity contribution is 0.0997. The molecule has 0 radical (unpaired) electrons. The maximum Gasteiger partial charge on any atom is 0.253 e. The van der Waals surface area contributed by atoms with E-state index < -0.39 is 15.7 Å². The first-order valence-corrected chi connectivity index (χ1v) is 14.0. The molecular formula is C28H30N6O4S. The van der Waals surface area contributed by atoms with E-state index in [1.54, 1.807) is 23.0 Å². The maximum absolute atomic E-state index is 13.7. The number of benzene rings is 1. The summed E-state index contributed by atoms with van der Waals surface area (Å²) in [5, 5.41) is 3.96. The molecule has 11 heteroatoms. The topological polar surface area (TPSA) is 133 Å². The molecule has 0 saturated carbocycles. The number of aromatic nitrogens is 4. The zero-order valence-electron chi connectivity index (χ0n) is 22.0. The van der Waals surface area contributed by atoms with Gasteiger partial charge in [0.2, 0.25) is 15.7 Å². The van der Waals surface area contributed by atoms with Crippen LogP contribution in [0.15, 0.2) is 83.1 Å². The molecule has 1 aromatic carbocycles. The fraction of sp³-hybridized carbons (Fsp3) is 0.286. The van der Waals surface area contributed by atoms with E-state index in [2.05, 4.69) is 22.0 Å². The number of ether oxygens (including phenoxy) is 1. The third-order valence-corrected chi connectivity index (χ3v) is 8.52. The van der Waals surface area contributed by atoms with Gasteiger partial charge < -0.3 is 15.4 Å². The van der Waals surface area contributed by atoms with Crippen LogP contribution in [0.4, 0.5) is 5.82 Å². The molecular weight excluding hydrogens is 516 g/mol. The molecule has 4 aromatic rings. The van der Waals surface area contributed by atoms with Crippen molar-refractivity contribution in [2.24, 2.45) is 11.7 Å². The molecule has 4 heterocycles. The zero-order valence-corrected chi connectivity index (χ0v) is 22.8. The summed E-state index contributed by atoms with van der Waals surface area (Å²) in [5.74, 6) is -0.112. The van der Waals surface area contributed by atoms with Gasteiger partial charge in [0.25, 0.3) is 5.91 Å². The van der Waals surface area contributed by atoms with E-state index in [-0.39, 0.29) is 39.3 Å². The second-order valence-electron chi connectivity index (χ2n) is 10.3. The standard InChI is InChI=1S/C28H30N6O4S/c1-19-16-28(2,3)33(17-19)27-25(26(29)35)22(12-14-30-27)39(36,37)24-7-4-6-23(32-24)38-18-20-8-10-21(11-9-20)34-15-5-13-31-34/h4-15,19H,16-18H2,1-3H3,(H2,29,35). The van der Waals surface area contributed by atoms with Gasteiger partial charge >= 0.3 is 0 Å². The van der Waals surface area contributed by atoms with Gasteiger partial charge in [0.15, 0.2) is 5.03 Å². The summed E-state index contributed by atoms with van der Waals surface area (Å²) in [6.07, 6.45) is 5.82. The second-order valence-corrected chi connectivity index (χ2v) is 12.2. The summed E-state index contributed by atoms with van der Waals surface area (Å²) in [6, 6.07) is 15.3. The van der Waals surface area contributed by atoms with Gasteiger partial charge in [0.05, 0.1) is 10.6 Å². The Bertz CT molecular complexity index is 1600. The second kappa shape index (κ2) is 10.1. The van der Waals surface area contributed by atoms with Crippen LogP contribution in [0.25, 0.3) is 5.69 Å². The first kappa shape index (κ1) is 26.4. The van der Waals surface area contributed by atoms with Gasteiger partial charge in [-0.15, -0.1) is 0 Å². The fourth-order valence-electron chi connectivity index (χ4n) is 5.12. The minimum atomic E-state index is -4.22. The van der Waals surface area contributed by atoms with E-state index in [4.69, 9.17) is 10.5 Å². The van der Waals surface area contributed by atoms with E-state index in [0.717, 1.165) is 17.7 Å². The minimum absolute atomic E-state index is 0.134. The number of hydrogen-bond donors (Lipinski definition) is 1. The molecule has 2 N–H and O–H groups in total. The molecule has 202 valence electrons. The van der Waals surface area contributed by atoms with E-state index >= 15 is 0 Å². The normalized spacial score (nSPS) is 16.8. The average Bonchev–Trinajstić information content (AvgIpc) is 3.54. The van der Waals surface area contributed by atoms with Gasteiger partial charge in [0, 0.05) is 36.7 Å². The van der Waals surface area contributed by atoms with Gasteiger partial charge in [-0.1, -0.05) is 25.1 Å². The predicted molar refractivity (Wildman–Crippen MR) is 146 cm³/mol. The van der Waals surface area contributed by atoms with Crippen molar-refractivity contribution in [3.8, 4) is 11.6 Å². The Morgan fingerprint density at radius 2 is 1.87 bits per heavy atom.